The Kier molecular flexibility index (Phi) is 6.74. The molecule has 0 heterocycles. The molecule has 5 heteroatoms. The number of ether oxygens (including phenoxy) is 2. The molecule has 0 aliphatic carbocycles. The second kappa shape index (κ2) is 9.22. The van der Waals surface area contributed by atoms with Gasteiger partial charge in [-0.25, -0.2) is 0 Å². The van der Waals surface area contributed by atoms with Crippen molar-refractivity contribution in [2.24, 2.45) is 0 Å². The lowest BCUT2D eigenvalue weighted by atomic mass is 10.1. The van der Waals surface area contributed by atoms with E-state index in [0.717, 1.165) is 5.56 Å². The van der Waals surface area contributed by atoms with Crippen molar-refractivity contribution in [2.75, 3.05) is 14.2 Å². The number of ketones is 2. The van der Waals surface area contributed by atoms with Gasteiger partial charge in [-0.15, -0.1) is 0 Å². The van der Waals surface area contributed by atoms with Crippen LogP contribution >= 0.6 is 0 Å². The SMILES string of the molecule is COc1cccc(OC)c1C=CC(=O)CC(=O)C=Cc1ccc(O)cc1. The minimum atomic E-state index is -0.321. The first-order chi connectivity index (χ1) is 12.5. The van der Waals surface area contributed by atoms with Gasteiger partial charge in [0.25, 0.3) is 0 Å². The second-order valence-electron chi connectivity index (χ2n) is 5.44. The zero-order valence-electron chi connectivity index (χ0n) is 14.6. The van der Waals surface area contributed by atoms with Crippen LogP contribution in [0.25, 0.3) is 12.2 Å². The Labute approximate surface area is 152 Å². The molecule has 1 N–H and O–H groups in total. The fraction of sp³-hybridized carbons (Fsp3) is 0.143. The number of methoxy groups -OCH3 is 2. The van der Waals surface area contributed by atoms with E-state index in [9.17, 15) is 14.7 Å². The summed E-state index contributed by atoms with van der Waals surface area (Å²) in [6, 6.07) is 11.7. The molecule has 26 heavy (non-hydrogen) atoms. The standard InChI is InChI=1S/C21H20O5/c1-25-20-4-3-5-21(26-2)19(20)13-12-18(24)14-17(23)11-8-15-6-9-16(22)10-7-15/h3-13,22H,14H2,1-2H3. The van der Waals surface area contributed by atoms with E-state index < -0.39 is 0 Å². The Morgan fingerprint density at radius 3 is 1.96 bits per heavy atom. The minimum absolute atomic E-state index is 0.153. The number of rotatable bonds is 8. The van der Waals surface area contributed by atoms with Crippen molar-refractivity contribution in [1.29, 1.82) is 0 Å². The van der Waals surface area contributed by atoms with E-state index in [-0.39, 0.29) is 23.7 Å². The number of allylic oxidation sites excluding steroid dienone is 2. The van der Waals surface area contributed by atoms with E-state index in [0.29, 0.717) is 17.1 Å². The summed E-state index contributed by atoms with van der Waals surface area (Å²) in [6.45, 7) is 0. The van der Waals surface area contributed by atoms with Crippen LogP contribution in [0.15, 0.2) is 54.6 Å². The van der Waals surface area contributed by atoms with Gasteiger partial charge in [0.1, 0.15) is 17.2 Å². The van der Waals surface area contributed by atoms with E-state index in [2.05, 4.69) is 0 Å². The quantitative estimate of drug-likeness (QED) is 0.580. The molecule has 0 saturated carbocycles. The average Bonchev–Trinajstić information content (AvgIpc) is 2.65. The van der Waals surface area contributed by atoms with Crippen LogP contribution in [0.3, 0.4) is 0 Å². The van der Waals surface area contributed by atoms with Crippen LogP contribution in [0.2, 0.25) is 0 Å². The number of phenols is 1. The van der Waals surface area contributed by atoms with Crippen molar-refractivity contribution in [3.63, 3.8) is 0 Å². The van der Waals surface area contributed by atoms with Crippen molar-refractivity contribution < 1.29 is 24.2 Å². The topological polar surface area (TPSA) is 72.8 Å². The lowest BCUT2D eigenvalue weighted by Gasteiger charge is -2.09. The fourth-order valence-electron chi connectivity index (χ4n) is 2.28. The molecule has 2 rings (SSSR count). The number of carbonyl (C=O) groups is 2. The van der Waals surface area contributed by atoms with Gasteiger partial charge in [0.2, 0.25) is 0 Å². The first-order valence-corrected chi connectivity index (χ1v) is 7.95. The normalized spacial score (nSPS) is 11.0. The molecule has 0 atom stereocenters. The van der Waals surface area contributed by atoms with Crippen molar-refractivity contribution in [3.05, 3.63) is 65.7 Å². The molecule has 0 fully saturated rings. The Balaban J connectivity index is 2.01. The molecule has 0 aliphatic heterocycles. The predicted octanol–water partition coefficient (Wildman–Crippen LogP) is 3.66. The van der Waals surface area contributed by atoms with Crippen LogP contribution in [0.1, 0.15) is 17.5 Å². The number of aromatic hydroxyl groups is 1. The zero-order valence-corrected chi connectivity index (χ0v) is 14.6. The van der Waals surface area contributed by atoms with E-state index in [1.807, 2.05) is 0 Å². The van der Waals surface area contributed by atoms with Crippen LogP contribution in [-0.2, 0) is 9.59 Å². The van der Waals surface area contributed by atoms with Crippen LogP contribution in [0.4, 0.5) is 0 Å². The molecule has 0 unspecified atom stereocenters. The molecular weight excluding hydrogens is 332 g/mol. The summed E-state index contributed by atoms with van der Waals surface area (Å²) in [5, 5.41) is 9.22. The highest BCUT2D eigenvalue weighted by atomic mass is 16.5. The zero-order chi connectivity index (χ0) is 18.9. The highest BCUT2D eigenvalue weighted by Crippen LogP contribution is 2.29. The van der Waals surface area contributed by atoms with Gasteiger partial charge < -0.3 is 14.6 Å². The number of benzene rings is 2. The summed E-state index contributed by atoms with van der Waals surface area (Å²) < 4.78 is 10.5. The molecule has 0 spiro atoms. The summed E-state index contributed by atoms with van der Waals surface area (Å²) in [5.74, 6) is 0.678. The van der Waals surface area contributed by atoms with Crippen molar-refractivity contribution >= 4 is 23.7 Å². The predicted molar refractivity (Wildman–Crippen MR) is 100 cm³/mol. The van der Waals surface area contributed by atoms with Crippen LogP contribution < -0.4 is 9.47 Å². The van der Waals surface area contributed by atoms with Gasteiger partial charge in [0.15, 0.2) is 11.6 Å². The molecule has 0 saturated heterocycles. The molecule has 5 nitrogen and oxygen atoms in total. The molecule has 2 aromatic carbocycles. The summed E-state index contributed by atoms with van der Waals surface area (Å²) in [4.78, 5) is 23.9. The summed E-state index contributed by atoms with van der Waals surface area (Å²) in [5.41, 5.74) is 1.40. The van der Waals surface area contributed by atoms with Crippen molar-refractivity contribution in [3.8, 4) is 17.2 Å². The van der Waals surface area contributed by atoms with Gasteiger partial charge in [-0.2, -0.15) is 0 Å². The maximum Gasteiger partial charge on any atom is 0.163 e. The average molecular weight is 352 g/mol. The van der Waals surface area contributed by atoms with E-state index in [4.69, 9.17) is 9.47 Å². The molecule has 0 aliphatic rings. The molecular formula is C21H20O5. The van der Waals surface area contributed by atoms with Gasteiger partial charge in [-0.1, -0.05) is 24.3 Å². The fourth-order valence-corrected chi connectivity index (χ4v) is 2.28. The van der Waals surface area contributed by atoms with Gasteiger partial charge in [0.05, 0.1) is 26.2 Å². The third-order valence-corrected chi connectivity index (χ3v) is 3.61. The summed E-state index contributed by atoms with van der Waals surface area (Å²) in [7, 11) is 3.07. The largest absolute Gasteiger partial charge is 0.508 e. The van der Waals surface area contributed by atoms with Crippen LogP contribution in [0.5, 0.6) is 17.2 Å². The third kappa shape index (κ3) is 5.34. The lowest BCUT2D eigenvalue weighted by Crippen LogP contribution is -2.02. The Bertz CT molecular complexity index is 810. The first-order valence-electron chi connectivity index (χ1n) is 7.95. The number of hydrogen-bond donors (Lipinski definition) is 1. The van der Waals surface area contributed by atoms with Gasteiger partial charge in [0, 0.05) is 0 Å². The number of hydrogen-bond acceptors (Lipinski definition) is 5. The van der Waals surface area contributed by atoms with E-state index in [1.165, 1.54) is 38.5 Å². The van der Waals surface area contributed by atoms with Crippen molar-refractivity contribution in [2.45, 2.75) is 6.42 Å². The second-order valence-corrected chi connectivity index (χ2v) is 5.44. The molecule has 134 valence electrons. The molecule has 0 bridgehead atoms. The lowest BCUT2D eigenvalue weighted by molar-refractivity contribution is -0.121. The van der Waals surface area contributed by atoms with Gasteiger partial charge >= 0.3 is 0 Å². The van der Waals surface area contributed by atoms with E-state index in [1.54, 1.807) is 42.5 Å². The number of phenolic OH excluding ortho intramolecular Hbond substituents is 1. The minimum Gasteiger partial charge on any atom is -0.508 e. The summed E-state index contributed by atoms with van der Waals surface area (Å²) in [6.07, 6.45) is 5.63. The Morgan fingerprint density at radius 1 is 0.885 bits per heavy atom. The smallest absolute Gasteiger partial charge is 0.163 e. The first kappa shape index (κ1) is 19.0. The van der Waals surface area contributed by atoms with Gasteiger partial charge in [-0.05, 0) is 48.1 Å². The maximum absolute atomic E-state index is 12.0. The highest BCUT2D eigenvalue weighted by molar-refractivity contribution is 6.11. The van der Waals surface area contributed by atoms with E-state index >= 15 is 0 Å². The van der Waals surface area contributed by atoms with Crippen molar-refractivity contribution in [1.82, 2.24) is 0 Å². The molecule has 0 amide bonds. The summed E-state index contributed by atoms with van der Waals surface area (Å²) >= 11 is 0. The maximum atomic E-state index is 12.0. The molecule has 0 aromatic heterocycles. The van der Waals surface area contributed by atoms with Crippen LogP contribution in [-0.4, -0.2) is 30.9 Å². The third-order valence-electron chi connectivity index (χ3n) is 3.61. The monoisotopic (exact) mass is 352 g/mol. The molecule has 0 radical (unpaired) electrons. The Morgan fingerprint density at radius 2 is 1.42 bits per heavy atom. The number of carbonyl (C=O) groups excluding carboxylic acids is 2. The van der Waals surface area contributed by atoms with Crippen LogP contribution in [0, 0.1) is 0 Å². The Hall–Kier alpha value is -3.34. The van der Waals surface area contributed by atoms with Gasteiger partial charge in [-0.3, -0.25) is 9.59 Å². The highest BCUT2D eigenvalue weighted by Gasteiger charge is 2.08. The molecule has 2 aromatic rings.